The Balaban J connectivity index is 2.92. The number of nitrogens with one attached hydrogen (secondary N) is 1. The van der Waals surface area contributed by atoms with Gasteiger partial charge >= 0.3 is 0 Å². The van der Waals surface area contributed by atoms with Gasteiger partial charge in [0.25, 0.3) is 0 Å². The average Bonchev–Trinajstić information content (AvgIpc) is 2.10. The van der Waals surface area contributed by atoms with Crippen LogP contribution in [0.5, 0.6) is 0 Å². The van der Waals surface area contributed by atoms with Crippen LogP contribution in [0.2, 0.25) is 0 Å². The highest BCUT2D eigenvalue weighted by atomic mass is 127. The van der Waals surface area contributed by atoms with E-state index in [0.717, 1.165) is 0 Å². The SMILES string of the molecule is CNC(CN)c1ccccc1I. The van der Waals surface area contributed by atoms with Crippen LogP contribution >= 0.6 is 22.6 Å². The molecule has 2 nitrogen and oxygen atoms in total. The van der Waals surface area contributed by atoms with Gasteiger partial charge in [0.05, 0.1) is 0 Å². The van der Waals surface area contributed by atoms with Crippen molar-refractivity contribution in [2.24, 2.45) is 5.73 Å². The highest BCUT2D eigenvalue weighted by Gasteiger charge is 2.08. The van der Waals surface area contributed by atoms with E-state index in [9.17, 15) is 0 Å². The molecule has 0 radical (unpaired) electrons. The Kier molecular flexibility index (Phi) is 3.97. The van der Waals surface area contributed by atoms with Crippen molar-refractivity contribution in [1.82, 2.24) is 5.32 Å². The fourth-order valence-corrected chi connectivity index (χ4v) is 1.92. The van der Waals surface area contributed by atoms with Crippen LogP contribution in [-0.4, -0.2) is 13.6 Å². The topological polar surface area (TPSA) is 38.0 Å². The summed E-state index contributed by atoms with van der Waals surface area (Å²) in [4.78, 5) is 0. The highest BCUT2D eigenvalue weighted by Crippen LogP contribution is 2.18. The first kappa shape index (κ1) is 9.95. The maximum atomic E-state index is 5.62. The van der Waals surface area contributed by atoms with E-state index < -0.39 is 0 Å². The van der Waals surface area contributed by atoms with Crippen LogP contribution < -0.4 is 11.1 Å². The van der Waals surface area contributed by atoms with Crippen LogP contribution in [0.25, 0.3) is 0 Å². The summed E-state index contributed by atoms with van der Waals surface area (Å²) in [5, 5.41) is 3.18. The van der Waals surface area contributed by atoms with Gasteiger partial charge in [0.15, 0.2) is 0 Å². The van der Waals surface area contributed by atoms with Crippen molar-refractivity contribution >= 4 is 22.6 Å². The van der Waals surface area contributed by atoms with Crippen LogP contribution in [0.4, 0.5) is 0 Å². The summed E-state index contributed by atoms with van der Waals surface area (Å²) < 4.78 is 1.26. The number of benzene rings is 1. The Morgan fingerprint density at radius 1 is 1.50 bits per heavy atom. The molecule has 3 heteroatoms. The van der Waals surface area contributed by atoms with Crippen LogP contribution in [0, 0.1) is 3.57 Å². The first-order valence-electron chi connectivity index (χ1n) is 3.91. The zero-order valence-corrected chi connectivity index (χ0v) is 9.21. The lowest BCUT2D eigenvalue weighted by Crippen LogP contribution is -2.25. The molecule has 0 saturated heterocycles. The molecule has 0 aliphatic heterocycles. The van der Waals surface area contributed by atoms with Crippen molar-refractivity contribution in [3.8, 4) is 0 Å². The van der Waals surface area contributed by atoms with Crippen molar-refractivity contribution in [2.45, 2.75) is 6.04 Å². The third-order valence-electron chi connectivity index (χ3n) is 1.86. The Morgan fingerprint density at radius 2 is 2.17 bits per heavy atom. The summed E-state index contributed by atoms with van der Waals surface area (Å²) in [6.07, 6.45) is 0. The molecule has 1 aromatic rings. The summed E-state index contributed by atoms with van der Waals surface area (Å²) in [5.41, 5.74) is 6.90. The average molecular weight is 276 g/mol. The summed E-state index contributed by atoms with van der Waals surface area (Å²) in [5.74, 6) is 0. The van der Waals surface area contributed by atoms with E-state index >= 15 is 0 Å². The standard InChI is InChI=1S/C9H13IN2/c1-12-9(6-11)7-4-2-3-5-8(7)10/h2-5,9,12H,6,11H2,1H3. The van der Waals surface area contributed by atoms with Gasteiger partial charge in [-0.05, 0) is 41.3 Å². The number of halogens is 1. The first-order chi connectivity index (χ1) is 5.79. The molecule has 0 spiro atoms. The number of nitrogens with two attached hydrogens (primary N) is 1. The van der Waals surface area contributed by atoms with Crippen molar-refractivity contribution in [1.29, 1.82) is 0 Å². The molecule has 1 aromatic carbocycles. The molecular formula is C9H13IN2. The minimum atomic E-state index is 0.276. The fraction of sp³-hybridized carbons (Fsp3) is 0.333. The molecular weight excluding hydrogens is 263 g/mol. The number of likely N-dealkylation sites (N-methyl/N-ethyl adjacent to an activating group) is 1. The minimum Gasteiger partial charge on any atom is -0.329 e. The monoisotopic (exact) mass is 276 g/mol. The molecule has 0 aliphatic rings. The molecule has 12 heavy (non-hydrogen) atoms. The van der Waals surface area contributed by atoms with E-state index in [2.05, 4.69) is 40.0 Å². The second-order valence-electron chi connectivity index (χ2n) is 2.60. The molecule has 3 N–H and O–H groups in total. The zero-order chi connectivity index (χ0) is 8.97. The normalized spacial score (nSPS) is 12.9. The molecule has 1 atom stereocenters. The van der Waals surface area contributed by atoms with Crippen molar-refractivity contribution in [3.63, 3.8) is 0 Å². The third-order valence-corrected chi connectivity index (χ3v) is 2.85. The largest absolute Gasteiger partial charge is 0.329 e. The van der Waals surface area contributed by atoms with Gasteiger partial charge in [-0.2, -0.15) is 0 Å². The number of hydrogen-bond acceptors (Lipinski definition) is 2. The van der Waals surface area contributed by atoms with E-state index in [1.807, 2.05) is 19.2 Å². The van der Waals surface area contributed by atoms with Crippen LogP contribution in [-0.2, 0) is 0 Å². The van der Waals surface area contributed by atoms with Crippen molar-refractivity contribution < 1.29 is 0 Å². The Morgan fingerprint density at radius 3 is 2.67 bits per heavy atom. The molecule has 66 valence electrons. The summed E-state index contributed by atoms with van der Waals surface area (Å²) in [7, 11) is 1.93. The molecule has 0 amide bonds. The maximum absolute atomic E-state index is 5.62. The van der Waals surface area contributed by atoms with E-state index in [1.54, 1.807) is 0 Å². The Bertz CT molecular complexity index is 246. The third kappa shape index (κ3) is 2.18. The predicted octanol–water partition coefficient (Wildman–Crippen LogP) is 1.51. The summed E-state index contributed by atoms with van der Waals surface area (Å²) in [6, 6.07) is 8.55. The van der Waals surface area contributed by atoms with E-state index in [-0.39, 0.29) is 6.04 Å². The van der Waals surface area contributed by atoms with Gasteiger partial charge in [0, 0.05) is 16.2 Å². The van der Waals surface area contributed by atoms with Crippen molar-refractivity contribution in [3.05, 3.63) is 33.4 Å². The maximum Gasteiger partial charge on any atom is 0.0452 e. The number of hydrogen-bond donors (Lipinski definition) is 2. The lowest BCUT2D eigenvalue weighted by molar-refractivity contribution is 0.603. The molecule has 1 unspecified atom stereocenters. The van der Waals surface area contributed by atoms with Crippen LogP contribution in [0.1, 0.15) is 11.6 Å². The molecule has 0 fully saturated rings. The second-order valence-corrected chi connectivity index (χ2v) is 3.76. The van der Waals surface area contributed by atoms with Gasteiger partial charge in [0.1, 0.15) is 0 Å². The van der Waals surface area contributed by atoms with Gasteiger partial charge in [0.2, 0.25) is 0 Å². The van der Waals surface area contributed by atoms with Gasteiger partial charge < -0.3 is 11.1 Å². The van der Waals surface area contributed by atoms with Gasteiger partial charge in [-0.3, -0.25) is 0 Å². The molecule has 1 rings (SSSR count). The lowest BCUT2D eigenvalue weighted by atomic mass is 10.1. The quantitative estimate of drug-likeness (QED) is 0.821. The molecule has 0 saturated carbocycles. The van der Waals surface area contributed by atoms with Gasteiger partial charge in [-0.25, -0.2) is 0 Å². The van der Waals surface area contributed by atoms with E-state index in [1.165, 1.54) is 9.13 Å². The second kappa shape index (κ2) is 4.79. The van der Waals surface area contributed by atoms with E-state index in [0.29, 0.717) is 6.54 Å². The molecule has 0 aromatic heterocycles. The fourth-order valence-electron chi connectivity index (χ4n) is 1.16. The highest BCUT2D eigenvalue weighted by molar-refractivity contribution is 14.1. The van der Waals surface area contributed by atoms with Gasteiger partial charge in [-0.1, -0.05) is 18.2 Å². The summed E-state index contributed by atoms with van der Waals surface area (Å²) >= 11 is 2.33. The molecule has 0 heterocycles. The first-order valence-corrected chi connectivity index (χ1v) is 4.99. The predicted molar refractivity (Wildman–Crippen MR) is 60.0 cm³/mol. The minimum absolute atomic E-state index is 0.276. The van der Waals surface area contributed by atoms with Crippen LogP contribution in [0.3, 0.4) is 0 Å². The van der Waals surface area contributed by atoms with Gasteiger partial charge in [-0.15, -0.1) is 0 Å². The molecule has 0 bridgehead atoms. The van der Waals surface area contributed by atoms with E-state index in [4.69, 9.17) is 5.73 Å². The van der Waals surface area contributed by atoms with Crippen molar-refractivity contribution in [2.75, 3.05) is 13.6 Å². The Labute approximate surface area is 86.7 Å². The Hall–Kier alpha value is -0.130. The smallest absolute Gasteiger partial charge is 0.0452 e. The number of rotatable bonds is 3. The lowest BCUT2D eigenvalue weighted by Gasteiger charge is -2.15. The van der Waals surface area contributed by atoms with Crippen LogP contribution in [0.15, 0.2) is 24.3 Å². The molecule has 0 aliphatic carbocycles. The summed E-state index contributed by atoms with van der Waals surface area (Å²) in [6.45, 7) is 0.635. The zero-order valence-electron chi connectivity index (χ0n) is 7.05.